The van der Waals surface area contributed by atoms with Crippen LogP contribution in [0.5, 0.6) is 0 Å². The van der Waals surface area contributed by atoms with Gasteiger partial charge in [0.2, 0.25) is 0 Å². The molecular formula is C21H18ClN3O4. The molecule has 2 atom stereocenters. The third-order valence-corrected chi connectivity index (χ3v) is 5.34. The number of aliphatic hydroxyl groups is 1. The van der Waals surface area contributed by atoms with Gasteiger partial charge in [-0.15, -0.1) is 0 Å². The third kappa shape index (κ3) is 3.39. The van der Waals surface area contributed by atoms with Gasteiger partial charge in [0.15, 0.2) is 0 Å². The van der Waals surface area contributed by atoms with E-state index in [1.54, 1.807) is 24.3 Å². The van der Waals surface area contributed by atoms with Crippen LogP contribution in [0.4, 0.5) is 5.69 Å². The van der Waals surface area contributed by atoms with Crippen LogP contribution >= 0.6 is 11.6 Å². The fourth-order valence-corrected chi connectivity index (χ4v) is 3.74. The van der Waals surface area contributed by atoms with Crippen molar-refractivity contribution in [2.45, 2.75) is 18.6 Å². The molecule has 0 spiro atoms. The predicted molar refractivity (Wildman–Crippen MR) is 109 cm³/mol. The van der Waals surface area contributed by atoms with Crippen LogP contribution in [0.25, 0.3) is 5.69 Å². The van der Waals surface area contributed by atoms with E-state index in [0.29, 0.717) is 12.1 Å². The standard InChI is InChI=1S/C21H18ClN3O4/c1-29-21(28)14-8-4-5-9-16(14)25-20(27)18(22)15(11-23-25)24-19-13-7-3-2-6-12(13)10-17(19)26/h2-9,11,17,19,24,26H,10H2,1H3/t17-,19+/m1/s1. The van der Waals surface area contributed by atoms with Gasteiger partial charge in [0.25, 0.3) is 5.56 Å². The quantitative estimate of drug-likeness (QED) is 0.641. The first-order chi connectivity index (χ1) is 14.0. The van der Waals surface area contributed by atoms with Gasteiger partial charge >= 0.3 is 5.97 Å². The number of aliphatic hydroxyl groups excluding tert-OH is 1. The average Bonchev–Trinajstić information content (AvgIpc) is 3.06. The smallest absolute Gasteiger partial charge is 0.340 e. The largest absolute Gasteiger partial charge is 0.465 e. The van der Waals surface area contributed by atoms with Gasteiger partial charge in [0.05, 0.1) is 42.4 Å². The molecular weight excluding hydrogens is 394 g/mol. The number of halogens is 1. The topological polar surface area (TPSA) is 93.5 Å². The lowest BCUT2D eigenvalue weighted by molar-refractivity contribution is 0.0600. The summed E-state index contributed by atoms with van der Waals surface area (Å²) in [5, 5.41) is 17.7. The molecule has 0 fully saturated rings. The molecule has 0 saturated carbocycles. The normalized spacial score (nSPS) is 17.6. The van der Waals surface area contributed by atoms with Crippen LogP contribution in [-0.4, -0.2) is 34.1 Å². The molecule has 29 heavy (non-hydrogen) atoms. The fourth-order valence-electron chi connectivity index (χ4n) is 3.56. The second-order valence-electron chi connectivity index (χ2n) is 6.69. The van der Waals surface area contributed by atoms with E-state index in [1.807, 2.05) is 24.3 Å². The molecule has 2 N–H and O–H groups in total. The molecule has 3 aromatic rings. The summed E-state index contributed by atoms with van der Waals surface area (Å²) in [5.74, 6) is -0.585. The van der Waals surface area contributed by atoms with Crippen LogP contribution in [0.3, 0.4) is 0 Å². The second-order valence-corrected chi connectivity index (χ2v) is 7.07. The Morgan fingerprint density at radius 2 is 1.97 bits per heavy atom. The average molecular weight is 412 g/mol. The number of rotatable bonds is 4. The number of methoxy groups -OCH3 is 1. The maximum Gasteiger partial charge on any atom is 0.340 e. The highest BCUT2D eigenvalue weighted by Gasteiger charge is 2.31. The molecule has 1 aliphatic rings. The monoisotopic (exact) mass is 411 g/mol. The van der Waals surface area contributed by atoms with E-state index >= 15 is 0 Å². The van der Waals surface area contributed by atoms with Crippen molar-refractivity contribution in [1.29, 1.82) is 0 Å². The van der Waals surface area contributed by atoms with Gasteiger partial charge in [-0.05, 0) is 23.3 Å². The van der Waals surface area contributed by atoms with E-state index < -0.39 is 23.7 Å². The zero-order valence-electron chi connectivity index (χ0n) is 15.5. The number of nitrogens with zero attached hydrogens (tertiary/aromatic N) is 2. The number of esters is 1. The Labute approximate surface area is 171 Å². The van der Waals surface area contributed by atoms with Crippen LogP contribution in [0.1, 0.15) is 27.5 Å². The number of nitrogens with one attached hydrogen (secondary N) is 1. The van der Waals surface area contributed by atoms with Crippen LogP contribution in [0.15, 0.2) is 59.5 Å². The first-order valence-electron chi connectivity index (χ1n) is 8.99. The summed E-state index contributed by atoms with van der Waals surface area (Å²) in [6.07, 6.45) is 1.28. The van der Waals surface area contributed by atoms with Crippen molar-refractivity contribution in [2.75, 3.05) is 12.4 Å². The van der Waals surface area contributed by atoms with E-state index in [2.05, 4.69) is 10.4 Å². The minimum absolute atomic E-state index is 0.0868. The van der Waals surface area contributed by atoms with Crippen molar-refractivity contribution in [1.82, 2.24) is 9.78 Å². The van der Waals surface area contributed by atoms with E-state index in [-0.39, 0.29) is 16.3 Å². The molecule has 1 aromatic heterocycles. The molecule has 1 heterocycles. The predicted octanol–water partition coefficient (Wildman–Crippen LogP) is 2.74. The summed E-state index contributed by atoms with van der Waals surface area (Å²) < 4.78 is 5.83. The lowest BCUT2D eigenvalue weighted by atomic mass is 10.1. The number of benzene rings is 2. The van der Waals surface area contributed by atoms with Crippen molar-refractivity contribution in [3.8, 4) is 5.69 Å². The minimum Gasteiger partial charge on any atom is -0.465 e. The lowest BCUT2D eigenvalue weighted by Crippen LogP contribution is -2.27. The van der Waals surface area contributed by atoms with E-state index in [4.69, 9.17) is 16.3 Å². The Morgan fingerprint density at radius 3 is 2.76 bits per heavy atom. The zero-order valence-corrected chi connectivity index (χ0v) is 16.3. The Balaban J connectivity index is 1.71. The number of carbonyl (C=O) groups excluding carboxylic acids is 1. The van der Waals surface area contributed by atoms with Gasteiger partial charge in [-0.25, -0.2) is 4.79 Å². The maximum atomic E-state index is 12.9. The van der Waals surface area contributed by atoms with Crippen molar-refractivity contribution < 1.29 is 14.6 Å². The zero-order chi connectivity index (χ0) is 20.5. The van der Waals surface area contributed by atoms with Crippen molar-refractivity contribution in [3.63, 3.8) is 0 Å². The Kier molecular flexibility index (Phi) is 5.08. The summed E-state index contributed by atoms with van der Waals surface area (Å²) >= 11 is 6.33. The summed E-state index contributed by atoms with van der Waals surface area (Å²) in [4.78, 5) is 24.9. The van der Waals surface area contributed by atoms with Gasteiger partial charge in [0.1, 0.15) is 5.02 Å². The molecule has 7 nitrogen and oxygen atoms in total. The molecule has 4 rings (SSSR count). The molecule has 0 radical (unpaired) electrons. The minimum atomic E-state index is -0.647. The Hall–Kier alpha value is -3.16. The first kappa shape index (κ1) is 19.2. The molecule has 0 aliphatic heterocycles. The first-order valence-corrected chi connectivity index (χ1v) is 9.37. The number of hydrogen-bond donors (Lipinski definition) is 2. The highest BCUT2D eigenvalue weighted by Crippen LogP contribution is 2.35. The highest BCUT2D eigenvalue weighted by atomic mass is 35.5. The summed E-state index contributed by atoms with van der Waals surface area (Å²) in [6.45, 7) is 0. The number of aromatic nitrogens is 2. The van der Waals surface area contributed by atoms with Gasteiger partial charge in [-0.1, -0.05) is 48.0 Å². The van der Waals surface area contributed by atoms with Crippen LogP contribution in [0.2, 0.25) is 5.02 Å². The Bertz CT molecular complexity index is 1140. The van der Waals surface area contributed by atoms with E-state index in [1.165, 1.54) is 13.3 Å². The van der Waals surface area contributed by atoms with E-state index in [9.17, 15) is 14.7 Å². The molecule has 0 saturated heterocycles. The number of anilines is 1. The van der Waals surface area contributed by atoms with Crippen molar-refractivity contribution in [3.05, 3.63) is 86.8 Å². The fraction of sp³-hybridized carbons (Fsp3) is 0.190. The highest BCUT2D eigenvalue weighted by molar-refractivity contribution is 6.33. The number of para-hydroxylation sites is 1. The molecule has 0 bridgehead atoms. The van der Waals surface area contributed by atoms with Gasteiger partial charge in [0, 0.05) is 6.42 Å². The lowest BCUT2D eigenvalue weighted by Gasteiger charge is -2.20. The molecule has 2 aromatic carbocycles. The second kappa shape index (κ2) is 7.69. The van der Waals surface area contributed by atoms with Crippen molar-refractivity contribution in [2.24, 2.45) is 0 Å². The SMILES string of the molecule is COC(=O)c1ccccc1-n1ncc(N[C@H]2c3ccccc3C[C@H]2O)c(Cl)c1=O. The number of carbonyl (C=O) groups is 1. The molecule has 8 heteroatoms. The third-order valence-electron chi connectivity index (χ3n) is 4.97. The summed E-state index contributed by atoms with van der Waals surface area (Å²) in [7, 11) is 1.26. The van der Waals surface area contributed by atoms with Gasteiger partial charge in [-0.2, -0.15) is 9.78 Å². The number of hydrogen-bond acceptors (Lipinski definition) is 6. The summed E-state index contributed by atoms with van der Waals surface area (Å²) in [6, 6.07) is 13.8. The molecule has 1 aliphatic carbocycles. The van der Waals surface area contributed by atoms with Crippen molar-refractivity contribution >= 4 is 23.3 Å². The van der Waals surface area contributed by atoms with Gasteiger partial charge in [-0.3, -0.25) is 4.79 Å². The molecule has 0 amide bonds. The van der Waals surface area contributed by atoms with E-state index in [0.717, 1.165) is 15.8 Å². The maximum absolute atomic E-state index is 12.9. The molecule has 0 unspecified atom stereocenters. The Morgan fingerprint density at radius 1 is 1.24 bits per heavy atom. The number of fused-ring (bicyclic) bond motifs is 1. The van der Waals surface area contributed by atoms with Crippen LogP contribution < -0.4 is 10.9 Å². The van der Waals surface area contributed by atoms with Crippen LogP contribution in [0, 0.1) is 0 Å². The summed E-state index contributed by atoms with van der Waals surface area (Å²) in [5.41, 5.74) is 2.18. The van der Waals surface area contributed by atoms with Crippen LogP contribution in [-0.2, 0) is 11.2 Å². The molecule has 148 valence electrons. The van der Waals surface area contributed by atoms with Gasteiger partial charge < -0.3 is 15.2 Å². The number of ether oxygens (including phenoxy) is 1.